The molecular formula is C30H37FN2O4. The normalized spacial score (nSPS) is 17.6. The van der Waals surface area contributed by atoms with E-state index in [2.05, 4.69) is 11.6 Å². The highest BCUT2D eigenvalue weighted by Crippen LogP contribution is 2.40. The summed E-state index contributed by atoms with van der Waals surface area (Å²) in [6, 6.07) is 13.6. The molecule has 1 aliphatic rings. The van der Waals surface area contributed by atoms with Crippen LogP contribution in [0.3, 0.4) is 0 Å². The number of carboxylic acids is 1. The van der Waals surface area contributed by atoms with Crippen molar-refractivity contribution in [3.05, 3.63) is 59.5 Å². The maximum atomic E-state index is 15.7. The Labute approximate surface area is 218 Å². The van der Waals surface area contributed by atoms with Crippen molar-refractivity contribution in [3.63, 3.8) is 0 Å². The van der Waals surface area contributed by atoms with Crippen LogP contribution >= 0.6 is 0 Å². The Morgan fingerprint density at radius 2 is 1.84 bits per heavy atom. The molecule has 7 heteroatoms. The first-order valence-electron chi connectivity index (χ1n) is 13.2. The molecule has 0 aliphatic heterocycles. The van der Waals surface area contributed by atoms with Crippen molar-refractivity contribution in [1.29, 1.82) is 0 Å². The van der Waals surface area contributed by atoms with Gasteiger partial charge in [0.15, 0.2) is 11.6 Å². The van der Waals surface area contributed by atoms with E-state index in [9.17, 15) is 4.79 Å². The third-order valence-electron chi connectivity index (χ3n) is 7.24. The molecule has 0 spiro atoms. The van der Waals surface area contributed by atoms with E-state index in [1.165, 1.54) is 7.11 Å². The molecule has 0 amide bonds. The smallest absolute Gasteiger partial charge is 0.329 e. The van der Waals surface area contributed by atoms with Gasteiger partial charge in [0.1, 0.15) is 12.3 Å². The molecule has 0 atom stereocenters. The SMILES string of the molecule is CCCc1c(-c2cc(C)cc(OC)c2F)c(-c2ccccc2)nn1C[C@H]1CC[C@@H](COCC(=O)O)CC1. The quantitative estimate of drug-likeness (QED) is 0.319. The summed E-state index contributed by atoms with van der Waals surface area (Å²) in [4.78, 5) is 10.7. The van der Waals surface area contributed by atoms with Crippen LogP contribution in [-0.2, 0) is 22.5 Å². The lowest BCUT2D eigenvalue weighted by atomic mass is 9.82. The summed E-state index contributed by atoms with van der Waals surface area (Å²) in [6.07, 6.45) is 5.81. The summed E-state index contributed by atoms with van der Waals surface area (Å²) in [5, 5.41) is 13.9. The lowest BCUT2D eigenvalue weighted by Crippen LogP contribution is -2.23. The van der Waals surface area contributed by atoms with Gasteiger partial charge in [0, 0.05) is 28.9 Å². The second kappa shape index (κ2) is 12.4. The number of aromatic nitrogens is 2. The number of hydrogen-bond acceptors (Lipinski definition) is 4. The van der Waals surface area contributed by atoms with Crippen molar-refractivity contribution in [3.8, 4) is 28.1 Å². The van der Waals surface area contributed by atoms with E-state index in [4.69, 9.17) is 19.7 Å². The van der Waals surface area contributed by atoms with Crippen LogP contribution in [0, 0.1) is 24.6 Å². The van der Waals surface area contributed by atoms with Gasteiger partial charge in [0.05, 0.1) is 13.7 Å². The number of rotatable bonds is 11. The Hall–Kier alpha value is -3.19. The zero-order valence-electron chi connectivity index (χ0n) is 22.0. The van der Waals surface area contributed by atoms with E-state index in [1.54, 1.807) is 6.07 Å². The second-order valence-corrected chi connectivity index (χ2v) is 10.1. The van der Waals surface area contributed by atoms with Crippen molar-refractivity contribution in [1.82, 2.24) is 9.78 Å². The van der Waals surface area contributed by atoms with Crippen molar-refractivity contribution >= 4 is 5.97 Å². The van der Waals surface area contributed by atoms with Gasteiger partial charge in [-0.2, -0.15) is 5.10 Å². The maximum Gasteiger partial charge on any atom is 0.329 e. The lowest BCUT2D eigenvalue weighted by Gasteiger charge is -2.28. The van der Waals surface area contributed by atoms with Crippen LogP contribution in [0.5, 0.6) is 5.75 Å². The minimum Gasteiger partial charge on any atom is -0.494 e. The van der Waals surface area contributed by atoms with Crippen molar-refractivity contribution in [2.45, 2.75) is 58.9 Å². The van der Waals surface area contributed by atoms with Crippen molar-refractivity contribution in [2.75, 3.05) is 20.3 Å². The number of carboxylic acid groups (broad SMARTS) is 1. The van der Waals surface area contributed by atoms with E-state index in [-0.39, 0.29) is 18.2 Å². The van der Waals surface area contributed by atoms with E-state index in [0.717, 1.165) is 73.1 Å². The molecule has 37 heavy (non-hydrogen) atoms. The Bertz CT molecular complexity index is 1200. The highest BCUT2D eigenvalue weighted by Gasteiger charge is 2.27. The summed E-state index contributed by atoms with van der Waals surface area (Å²) in [7, 11) is 1.50. The Balaban J connectivity index is 1.67. The first-order chi connectivity index (χ1) is 17.9. The average Bonchev–Trinajstić information content (AvgIpc) is 3.24. The molecule has 0 radical (unpaired) electrons. The summed E-state index contributed by atoms with van der Waals surface area (Å²) in [5.74, 6) is -0.188. The predicted molar refractivity (Wildman–Crippen MR) is 142 cm³/mol. The van der Waals surface area contributed by atoms with Gasteiger partial charge in [-0.1, -0.05) is 43.7 Å². The van der Waals surface area contributed by atoms with Crippen LogP contribution in [0.4, 0.5) is 4.39 Å². The fraction of sp³-hybridized carbons (Fsp3) is 0.467. The highest BCUT2D eigenvalue weighted by molar-refractivity contribution is 5.84. The van der Waals surface area contributed by atoms with Gasteiger partial charge < -0.3 is 14.6 Å². The van der Waals surface area contributed by atoms with Gasteiger partial charge in [-0.25, -0.2) is 9.18 Å². The topological polar surface area (TPSA) is 73.6 Å². The van der Waals surface area contributed by atoms with Gasteiger partial charge in [-0.15, -0.1) is 0 Å². The summed E-state index contributed by atoms with van der Waals surface area (Å²) in [6.45, 7) is 5.13. The zero-order valence-corrected chi connectivity index (χ0v) is 22.0. The molecule has 2 aromatic carbocycles. The van der Waals surface area contributed by atoms with Crippen molar-refractivity contribution in [2.24, 2.45) is 11.8 Å². The zero-order chi connectivity index (χ0) is 26.4. The third kappa shape index (κ3) is 6.39. The number of ether oxygens (including phenoxy) is 2. The molecular weight excluding hydrogens is 471 g/mol. The molecule has 1 saturated carbocycles. The van der Waals surface area contributed by atoms with Gasteiger partial charge in [-0.05, 0) is 68.6 Å². The average molecular weight is 509 g/mol. The monoisotopic (exact) mass is 508 g/mol. The summed E-state index contributed by atoms with van der Waals surface area (Å²) >= 11 is 0. The fourth-order valence-electron chi connectivity index (χ4n) is 5.42. The molecule has 1 fully saturated rings. The van der Waals surface area contributed by atoms with E-state index in [1.807, 2.05) is 43.3 Å². The number of hydrogen-bond donors (Lipinski definition) is 1. The summed E-state index contributed by atoms with van der Waals surface area (Å²) in [5.41, 5.74) is 5.14. The Morgan fingerprint density at radius 3 is 2.49 bits per heavy atom. The second-order valence-electron chi connectivity index (χ2n) is 10.1. The van der Waals surface area contributed by atoms with Crippen molar-refractivity contribution < 1.29 is 23.8 Å². The van der Waals surface area contributed by atoms with Gasteiger partial charge in [0.2, 0.25) is 0 Å². The largest absolute Gasteiger partial charge is 0.494 e. The molecule has 1 aromatic heterocycles. The van der Waals surface area contributed by atoms with E-state index in [0.29, 0.717) is 24.0 Å². The molecule has 0 bridgehead atoms. The molecule has 198 valence electrons. The van der Waals surface area contributed by atoms with E-state index < -0.39 is 5.97 Å². The molecule has 1 aliphatic carbocycles. The molecule has 1 N–H and O–H groups in total. The van der Waals surface area contributed by atoms with E-state index >= 15 is 4.39 Å². The molecule has 0 unspecified atom stereocenters. The minimum absolute atomic E-state index is 0.237. The standard InChI is InChI=1S/C30H37FN2O4/c1-4-8-25-28(24-15-20(2)16-26(36-3)29(24)31)30(23-9-6-5-7-10-23)32-33(25)17-21-11-13-22(14-12-21)18-37-19-27(34)35/h5-7,9-10,15-16,21-22H,4,8,11-14,17-19H2,1-3H3,(H,34,35)/t21-,22+. The number of methoxy groups -OCH3 is 1. The van der Waals surface area contributed by atoms with Gasteiger partial charge >= 0.3 is 5.97 Å². The number of carbonyl (C=O) groups is 1. The molecule has 3 aromatic rings. The Morgan fingerprint density at radius 1 is 1.14 bits per heavy atom. The Kier molecular flexibility index (Phi) is 8.98. The third-order valence-corrected chi connectivity index (χ3v) is 7.24. The number of halogens is 1. The van der Waals surface area contributed by atoms with Crippen LogP contribution in [-0.4, -0.2) is 41.2 Å². The van der Waals surface area contributed by atoms with Crippen LogP contribution in [0.25, 0.3) is 22.4 Å². The van der Waals surface area contributed by atoms with Crippen LogP contribution < -0.4 is 4.74 Å². The first-order valence-corrected chi connectivity index (χ1v) is 13.2. The predicted octanol–water partition coefficient (Wildman–Crippen LogP) is 6.53. The number of benzene rings is 2. The number of aryl methyl sites for hydroxylation is 1. The first kappa shape index (κ1) is 26.9. The number of nitrogens with zero attached hydrogens (tertiary/aromatic N) is 2. The molecule has 4 rings (SSSR count). The molecule has 6 nitrogen and oxygen atoms in total. The van der Waals surface area contributed by atoms with Gasteiger partial charge in [0.25, 0.3) is 0 Å². The summed E-state index contributed by atoms with van der Waals surface area (Å²) < 4.78 is 28.5. The lowest BCUT2D eigenvalue weighted by molar-refractivity contribution is -0.142. The minimum atomic E-state index is -0.927. The van der Waals surface area contributed by atoms with Crippen LogP contribution in [0.2, 0.25) is 0 Å². The maximum absolute atomic E-state index is 15.7. The number of aliphatic carboxylic acids is 1. The van der Waals surface area contributed by atoms with Crippen LogP contribution in [0.15, 0.2) is 42.5 Å². The molecule has 0 saturated heterocycles. The molecule has 1 heterocycles. The fourth-order valence-corrected chi connectivity index (χ4v) is 5.42. The van der Waals surface area contributed by atoms with Crippen LogP contribution in [0.1, 0.15) is 50.3 Å². The highest BCUT2D eigenvalue weighted by atomic mass is 19.1. The van der Waals surface area contributed by atoms with Gasteiger partial charge in [-0.3, -0.25) is 4.68 Å².